The quantitative estimate of drug-likeness (QED) is 0.866. The van der Waals surface area contributed by atoms with Gasteiger partial charge in [0.15, 0.2) is 0 Å². The number of hydrogen-bond donors (Lipinski definition) is 1. The summed E-state index contributed by atoms with van der Waals surface area (Å²) in [5.41, 5.74) is 0. The van der Waals surface area contributed by atoms with Gasteiger partial charge in [-0.05, 0) is 43.6 Å². The molecule has 0 spiro atoms. The summed E-state index contributed by atoms with van der Waals surface area (Å²) in [4.78, 5) is 15.7. The van der Waals surface area contributed by atoms with E-state index < -0.39 is 5.97 Å². The molecule has 1 saturated heterocycles. The molecule has 21 heavy (non-hydrogen) atoms. The molecule has 4 heteroatoms. The zero-order valence-corrected chi connectivity index (χ0v) is 13.9. The van der Waals surface area contributed by atoms with Crippen molar-refractivity contribution < 1.29 is 9.90 Å². The lowest BCUT2D eigenvalue weighted by Crippen LogP contribution is -2.47. The Hall–Kier alpha value is -0.610. The monoisotopic (exact) mass is 296 g/mol. The molecule has 3 unspecified atom stereocenters. The van der Waals surface area contributed by atoms with Gasteiger partial charge in [0.1, 0.15) is 0 Å². The van der Waals surface area contributed by atoms with Crippen LogP contribution in [0.1, 0.15) is 46.5 Å². The minimum Gasteiger partial charge on any atom is -0.480 e. The van der Waals surface area contributed by atoms with Gasteiger partial charge in [-0.3, -0.25) is 14.6 Å². The van der Waals surface area contributed by atoms with Crippen molar-refractivity contribution in [2.75, 3.05) is 32.7 Å². The fraction of sp³-hybridized carbons (Fsp3) is 0.941. The van der Waals surface area contributed by atoms with E-state index in [2.05, 4.69) is 30.6 Å². The second-order valence-corrected chi connectivity index (χ2v) is 7.45. The van der Waals surface area contributed by atoms with Crippen LogP contribution in [0.5, 0.6) is 0 Å². The number of hydrogen-bond acceptors (Lipinski definition) is 3. The molecule has 1 N–H and O–H groups in total. The predicted molar refractivity (Wildman–Crippen MR) is 85.4 cm³/mol. The van der Waals surface area contributed by atoms with Crippen molar-refractivity contribution in [3.63, 3.8) is 0 Å². The van der Waals surface area contributed by atoms with Gasteiger partial charge in [-0.25, -0.2) is 0 Å². The molecule has 2 rings (SSSR count). The highest BCUT2D eigenvalue weighted by Gasteiger charge is 2.35. The summed E-state index contributed by atoms with van der Waals surface area (Å²) in [6.07, 6.45) is 5.15. The van der Waals surface area contributed by atoms with Crippen molar-refractivity contribution in [3.05, 3.63) is 0 Å². The Labute approximate surface area is 129 Å². The van der Waals surface area contributed by atoms with E-state index in [1.807, 2.05) is 0 Å². The van der Waals surface area contributed by atoms with Gasteiger partial charge in [0.25, 0.3) is 0 Å². The molecular formula is C17H32N2O2. The lowest BCUT2D eigenvalue weighted by molar-refractivity contribution is -0.138. The molecule has 0 bridgehead atoms. The number of carboxylic acid groups (broad SMARTS) is 1. The third kappa shape index (κ3) is 4.68. The molecular weight excluding hydrogens is 264 g/mol. The van der Waals surface area contributed by atoms with Crippen LogP contribution in [-0.2, 0) is 4.79 Å². The first-order chi connectivity index (χ1) is 9.97. The average molecular weight is 296 g/mol. The molecule has 0 amide bonds. The maximum absolute atomic E-state index is 10.9. The summed E-state index contributed by atoms with van der Waals surface area (Å²) in [5.74, 6) is 1.70. The standard InChI is InChI=1S/C17H32N2O2/c1-13(2)15-6-5-14(3)11-16(15)19-8-4-7-18(9-10-19)12-17(20)21/h13-16H,4-12H2,1-3H3,(H,20,21). The maximum atomic E-state index is 10.9. The topological polar surface area (TPSA) is 43.8 Å². The van der Waals surface area contributed by atoms with Crippen LogP contribution in [0.3, 0.4) is 0 Å². The van der Waals surface area contributed by atoms with Gasteiger partial charge in [0.05, 0.1) is 6.54 Å². The SMILES string of the molecule is CC1CCC(C(C)C)C(N2CCCN(CC(=O)O)CC2)C1. The molecule has 4 nitrogen and oxygen atoms in total. The zero-order valence-electron chi connectivity index (χ0n) is 13.9. The van der Waals surface area contributed by atoms with Crippen molar-refractivity contribution >= 4 is 5.97 Å². The molecule has 3 atom stereocenters. The Morgan fingerprint density at radius 1 is 1.19 bits per heavy atom. The summed E-state index contributed by atoms with van der Waals surface area (Å²) < 4.78 is 0. The van der Waals surface area contributed by atoms with Gasteiger partial charge in [0.2, 0.25) is 0 Å². The van der Waals surface area contributed by atoms with Crippen molar-refractivity contribution in [2.45, 2.75) is 52.5 Å². The van der Waals surface area contributed by atoms with Crippen LogP contribution in [0.15, 0.2) is 0 Å². The van der Waals surface area contributed by atoms with E-state index >= 15 is 0 Å². The Kier molecular flexibility index (Phi) is 6.06. The number of nitrogens with zero attached hydrogens (tertiary/aromatic N) is 2. The summed E-state index contributed by atoms with van der Waals surface area (Å²) in [7, 11) is 0. The normalized spacial score (nSPS) is 33.0. The fourth-order valence-electron chi connectivity index (χ4n) is 4.24. The minimum atomic E-state index is -0.699. The van der Waals surface area contributed by atoms with Gasteiger partial charge in [-0.1, -0.05) is 27.2 Å². The first-order valence-corrected chi connectivity index (χ1v) is 8.65. The molecule has 0 radical (unpaired) electrons. The van der Waals surface area contributed by atoms with Gasteiger partial charge in [0, 0.05) is 25.7 Å². The summed E-state index contributed by atoms with van der Waals surface area (Å²) in [6.45, 7) is 11.3. The highest BCUT2D eigenvalue weighted by atomic mass is 16.4. The molecule has 1 heterocycles. The van der Waals surface area contributed by atoms with Gasteiger partial charge < -0.3 is 5.11 Å². The summed E-state index contributed by atoms with van der Waals surface area (Å²) >= 11 is 0. The van der Waals surface area contributed by atoms with Crippen LogP contribution < -0.4 is 0 Å². The Bertz CT molecular complexity index is 346. The van der Waals surface area contributed by atoms with Crippen LogP contribution in [-0.4, -0.2) is 59.6 Å². The second-order valence-electron chi connectivity index (χ2n) is 7.45. The Morgan fingerprint density at radius 2 is 1.95 bits per heavy atom. The van der Waals surface area contributed by atoms with Gasteiger partial charge in [-0.2, -0.15) is 0 Å². The highest BCUT2D eigenvalue weighted by Crippen LogP contribution is 2.36. The Balaban J connectivity index is 1.97. The van der Waals surface area contributed by atoms with E-state index in [-0.39, 0.29) is 6.54 Å². The lowest BCUT2D eigenvalue weighted by atomic mass is 9.73. The number of rotatable bonds is 4. The molecule has 0 aromatic heterocycles. The molecule has 2 fully saturated rings. The van der Waals surface area contributed by atoms with Crippen molar-refractivity contribution in [1.82, 2.24) is 9.80 Å². The van der Waals surface area contributed by atoms with Gasteiger partial charge in [-0.15, -0.1) is 0 Å². The second kappa shape index (κ2) is 7.59. The molecule has 1 saturated carbocycles. The van der Waals surface area contributed by atoms with Crippen molar-refractivity contribution in [1.29, 1.82) is 0 Å². The Morgan fingerprint density at radius 3 is 2.62 bits per heavy atom. The smallest absolute Gasteiger partial charge is 0.317 e. The van der Waals surface area contributed by atoms with Crippen LogP contribution in [0.2, 0.25) is 0 Å². The molecule has 2 aliphatic rings. The van der Waals surface area contributed by atoms with E-state index in [0.29, 0.717) is 6.04 Å². The van der Waals surface area contributed by atoms with E-state index in [1.54, 1.807) is 0 Å². The highest BCUT2D eigenvalue weighted by molar-refractivity contribution is 5.69. The molecule has 0 aromatic rings. The third-order valence-corrected chi connectivity index (χ3v) is 5.44. The number of carbonyl (C=O) groups is 1. The van der Waals surface area contributed by atoms with Crippen LogP contribution in [0.25, 0.3) is 0 Å². The van der Waals surface area contributed by atoms with Crippen molar-refractivity contribution in [2.24, 2.45) is 17.8 Å². The third-order valence-electron chi connectivity index (χ3n) is 5.44. The molecule has 0 aromatic carbocycles. The zero-order chi connectivity index (χ0) is 15.4. The first-order valence-electron chi connectivity index (χ1n) is 8.65. The number of aliphatic carboxylic acids is 1. The summed E-state index contributed by atoms with van der Waals surface area (Å²) in [5, 5.41) is 8.97. The van der Waals surface area contributed by atoms with Crippen LogP contribution in [0, 0.1) is 17.8 Å². The van der Waals surface area contributed by atoms with E-state index in [0.717, 1.165) is 50.4 Å². The molecule has 1 aliphatic heterocycles. The van der Waals surface area contributed by atoms with Crippen molar-refractivity contribution in [3.8, 4) is 0 Å². The van der Waals surface area contributed by atoms with Gasteiger partial charge >= 0.3 is 5.97 Å². The maximum Gasteiger partial charge on any atom is 0.317 e. The van der Waals surface area contributed by atoms with Crippen LogP contribution in [0.4, 0.5) is 0 Å². The minimum absolute atomic E-state index is 0.197. The lowest BCUT2D eigenvalue weighted by Gasteiger charge is -2.43. The van der Waals surface area contributed by atoms with E-state index in [1.165, 1.54) is 19.3 Å². The first kappa shape index (κ1) is 16.8. The fourth-order valence-corrected chi connectivity index (χ4v) is 4.24. The number of carboxylic acids is 1. The predicted octanol–water partition coefficient (Wildman–Crippen LogP) is 2.54. The molecule has 122 valence electrons. The largest absolute Gasteiger partial charge is 0.480 e. The molecule has 1 aliphatic carbocycles. The summed E-state index contributed by atoms with van der Waals surface area (Å²) in [6, 6.07) is 0.707. The van der Waals surface area contributed by atoms with E-state index in [4.69, 9.17) is 5.11 Å². The van der Waals surface area contributed by atoms with Crippen LogP contribution >= 0.6 is 0 Å². The van der Waals surface area contributed by atoms with E-state index in [9.17, 15) is 4.79 Å². The average Bonchev–Trinajstić information content (AvgIpc) is 2.63.